The number of nitrogens with zero attached hydrogens (tertiary/aromatic N) is 1. The summed E-state index contributed by atoms with van der Waals surface area (Å²) in [5.74, 6) is 0.430. The van der Waals surface area contributed by atoms with Gasteiger partial charge in [-0.25, -0.2) is 4.39 Å². The predicted molar refractivity (Wildman–Crippen MR) is 109 cm³/mol. The number of carbonyl (C=O) groups is 2. The van der Waals surface area contributed by atoms with Crippen LogP contribution >= 0.6 is 0 Å². The summed E-state index contributed by atoms with van der Waals surface area (Å²) in [6, 6.07) is 13.9. The maximum Gasteiger partial charge on any atom is 0.226 e. The maximum atomic E-state index is 13.3. The van der Waals surface area contributed by atoms with Crippen molar-refractivity contribution >= 4 is 11.8 Å². The summed E-state index contributed by atoms with van der Waals surface area (Å²) < 4.78 is 18.5. The zero-order valence-corrected chi connectivity index (χ0v) is 16.7. The lowest BCUT2D eigenvalue weighted by atomic mass is 9.95. The highest BCUT2D eigenvalue weighted by Gasteiger charge is 2.27. The summed E-state index contributed by atoms with van der Waals surface area (Å²) in [5, 5.41) is 3.00. The van der Waals surface area contributed by atoms with Gasteiger partial charge in [-0.1, -0.05) is 24.3 Å². The molecule has 0 radical (unpaired) electrons. The van der Waals surface area contributed by atoms with E-state index in [1.807, 2.05) is 24.3 Å². The van der Waals surface area contributed by atoms with Gasteiger partial charge < -0.3 is 15.0 Å². The third-order valence-corrected chi connectivity index (χ3v) is 5.31. The van der Waals surface area contributed by atoms with Crippen LogP contribution in [0.2, 0.25) is 0 Å². The first-order valence-corrected chi connectivity index (χ1v) is 9.98. The molecule has 1 heterocycles. The average molecular weight is 398 g/mol. The fourth-order valence-electron chi connectivity index (χ4n) is 3.63. The normalized spacial score (nSPS) is 14.5. The van der Waals surface area contributed by atoms with Gasteiger partial charge in [0.2, 0.25) is 11.8 Å². The van der Waals surface area contributed by atoms with Crippen molar-refractivity contribution in [2.75, 3.05) is 26.7 Å². The van der Waals surface area contributed by atoms with Crippen molar-refractivity contribution in [2.24, 2.45) is 5.92 Å². The number of benzene rings is 2. The number of hydrogen-bond donors (Lipinski definition) is 1. The Morgan fingerprint density at radius 2 is 1.83 bits per heavy atom. The monoisotopic (exact) mass is 398 g/mol. The van der Waals surface area contributed by atoms with E-state index in [0.717, 1.165) is 17.7 Å². The first kappa shape index (κ1) is 20.8. The van der Waals surface area contributed by atoms with Crippen molar-refractivity contribution in [2.45, 2.75) is 25.7 Å². The lowest BCUT2D eigenvalue weighted by Gasteiger charge is -2.31. The molecule has 154 valence electrons. The van der Waals surface area contributed by atoms with Crippen LogP contribution in [0.15, 0.2) is 48.5 Å². The molecular formula is C23H27FN2O3. The molecule has 1 aliphatic heterocycles. The standard InChI is InChI=1S/C23H27FN2O3/c1-29-21-7-3-4-17(15-21)8-11-25-23(28)19-9-12-26(13-10-19)22(27)16-18-5-2-6-20(24)14-18/h2-7,14-15,19H,8-13,16H2,1H3,(H,25,28). The zero-order chi connectivity index (χ0) is 20.6. The van der Waals surface area contributed by atoms with Gasteiger partial charge in [0.1, 0.15) is 11.6 Å². The van der Waals surface area contributed by atoms with Gasteiger partial charge in [0.15, 0.2) is 0 Å². The van der Waals surface area contributed by atoms with Gasteiger partial charge in [-0.3, -0.25) is 9.59 Å². The van der Waals surface area contributed by atoms with Crippen LogP contribution in [0.25, 0.3) is 0 Å². The number of nitrogens with one attached hydrogen (secondary N) is 1. The van der Waals surface area contributed by atoms with E-state index in [-0.39, 0.29) is 30.0 Å². The Hall–Kier alpha value is -2.89. The fourth-order valence-corrected chi connectivity index (χ4v) is 3.63. The minimum atomic E-state index is -0.334. The molecule has 3 rings (SSSR count). The van der Waals surface area contributed by atoms with Crippen LogP contribution in [0.3, 0.4) is 0 Å². The molecule has 6 heteroatoms. The van der Waals surface area contributed by atoms with E-state index in [4.69, 9.17) is 4.74 Å². The third-order valence-electron chi connectivity index (χ3n) is 5.31. The highest BCUT2D eigenvalue weighted by atomic mass is 19.1. The van der Waals surface area contributed by atoms with Crippen molar-refractivity contribution in [3.63, 3.8) is 0 Å². The maximum absolute atomic E-state index is 13.3. The van der Waals surface area contributed by atoms with Gasteiger partial charge in [0.05, 0.1) is 13.5 Å². The first-order valence-electron chi connectivity index (χ1n) is 9.98. The van der Waals surface area contributed by atoms with E-state index in [2.05, 4.69) is 5.32 Å². The zero-order valence-electron chi connectivity index (χ0n) is 16.7. The lowest BCUT2D eigenvalue weighted by Crippen LogP contribution is -2.43. The molecule has 0 spiro atoms. The van der Waals surface area contributed by atoms with E-state index < -0.39 is 0 Å². The molecule has 1 saturated heterocycles. The highest BCUT2D eigenvalue weighted by molar-refractivity contribution is 5.81. The molecule has 0 bridgehead atoms. The molecule has 1 fully saturated rings. The van der Waals surface area contributed by atoms with E-state index in [9.17, 15) is 14.0 Å². The number of halogens is 1. The summed E-state index contributed by atoms with van der Waals surface area (Å²) in [6.07, 6.45) is 2.24. The van der Waals surface area contributed by atoms with E-state index in [1.54, 1.807) is 24.1 Å². The van der Waals surface area contributed by atoms with E-state index >= 15 is 0 Å². The molecule has 0 aromatic heterocycles. The molecule has 0 unspecified atom stereocenters. The van der Waals surface area contributed by atoms with Gasteiger partial charge in [-0.15, -0.1) is 0 Å². The van der Waals surface area contributed by atoms with Gasteiger partial charge >= 0.3 is 0 Å². The summed E-state index contributed by atoms with van der Waals surface area (Å²) in [4.78, 5) is 26.6. The minimum Gasteiger partial charge on any atom is -0.497 e. The van der Waals surface area contributed by atoms with Crippen LogP contribution in [0, 0.1) is 11.7 Å². The number of hydrogen-bond acceptors (Lipinski definition) is 3. The molecular weight excluding hydrogens is 371 g/mol. The first-order chi connectivity index (χ1) is 14.0. The van der Waals surface area contributed by atoms with Crippen molar-refractivity contribution in [3.05, 3.63) is 65.5 Å². The number of ether oxygens (including phenoxy) is 1. The number of piperidine rings is 1. The van der Waals surface area contributed by atoms with Crippen molar-refractivity contribution in [1.29, 1.82) is 0 Å². The van der Waals surface area contributed by atoms with Crippen LogP contribution < -0.4 is 10.1 Å². The second-order valence-corrected chi connectivity index (χ2v) is 7.35. The molecule has 0 atom stereocenters. The summed E-state index contributed by atoms with van der Waals surface area (Å²) in [7, 11) is 1.64. The van der Waals surface area contributed by atoms with Crippen molar-refractivity contribution in [3.8, 4) is 5.75 Å². The van der Waals surface area contributed by atoms with Crippen molar-refractivity contribution < 1.29 is 18.7 Å². The Kier molecular flexibility index (Phi) is 7.22. The van der Waals surface area contributed by atoms with Gasteiger partial charge in [0, 0.05) is 25.6 Å². The highest BCUT2D eigenvalue weighted by Crippen LogP contribution is 2.19. The van der Waals surface area contributed by atoms with Gasteiger partial charge in [0.25, 0.3) is 0 Å². The number of amides is 2. The third kappa shape index (κ3) is 6.04. The topological polar surface area (TPSA) is 58.6 Å². The quantitative estimate of drug-likeness (QED) is 0.780. The minimum absolute atomic E-state index is 0.0208. The number of methoxy groups -OCH3 is 1. The lowest BCUT2D eigenvalue weighted by molar-refractivity contribution is -0.135. The predicted octanol–water partition coefficient (Wildman–Crippen LogP) is 2.97. The van der Waals surface area contributed by atoms with Gasteiger partial charge in [-0.05, 0) is 54.7 Å². The Bertz CT molecular complexity index is 848. The molecule has 2 amide bonds. The molecule has 5 nitrogen and oxygen atoms in total. The van der Waals surface area contributed by atoms with Crippen LogP contribution in [0.4, 0.5) is 4.39 Å². The van der Waals surface area contributed by atoms with E-state index in [0.29, 0.717) is 38.0 Å². The second kappa shape index (κ2) is 10.0. The Morgan fingerprint density at radius 1 is 1.10 bits per heavy atom. The smallest absolute Gasteiger partial charge is 0.226 e. The van der Waals surface area contributed by atoms with Crippen LogP contribution in [-0.2, 0) is 22.4 Å². The van der Waals surface area contributed by atoms with Crippen molar-refractivity contribution in [1.82, 2.24) is 10.2 Å². The SMILES string of the molecule is COc1cccc(CCNC(=O)C2CCN(C(=O)Cc3cccc(F)c3)CC2)c1. The van der Waals surface area contributed by atoms with Gasteiger partial charge in [-0.2, -0.15) is 0 Å². The molecule has 1 N–H and O–H groups in total. The van der Waals surface area contributed by atoms with E-state index in [1.165, 1.54) is 12.1 Å². The molecule has 0 saturated carbocycles. The molecule has 2 aromatic rings. The van der Waals surface area contributed by atoms with Crippen LogP contribution in [0.1, 0.15) is 24.0 Å². The second-order valence-electron chi connectivity index (χ2n) is 7.35. The van der Waals surface area contributed by atoms with Crippen LogP contribution in [0.5, 0.6) is 5.75 Å². The average Bonchev–Trinajstić information content (AvgIpc) is 2.74. The molecule has 2 aromatic carbocycles. The number of carbonyl (C=O) groups excluding carboxylic acids is 2. The largest absolute Gasteiger partial charge is 0.497 e. The number of likely N-dealkylation sites (tertiary alicyclic amines) is 1. The molecule has 1 aliphatic rings. The Labute approximate surface area is 170 Å². The Morgan fingerprint density at radius 3 is 2.55 bits per heavy atom. The summed E-state index contributed by atoms with van der Waals surface area (Å²) >= 11 is 0. The molecule has 29 heavy (non-hydrogen) atoms. The fraction of sp³-hybridized carbons (Fsp3) is 0.391. The van der Waals surface area contributed by atoms with Crippen LogP contribution in [-0.4, -0.2) is 43.5 Å². The summed E-state index contributed by atoms with van der Waals surface area (Å²) in [6.45, 7) is 1.69. The number of rotatable bonds is 7. The summed E-state index contributed by atoms with van der Waals surface area (Å²) in [5.41, 5.74) is 1.79. The molecule has 0 aliphatic carbocycles. The Balaban J connectivity index is 1.40.